The first kappa shape index (κ1) is 12.4. The molecule has 1 saturated carbocycles. The molecular weight excluding hydrogens is 196 g/mol. The molecule has 1 heterocycles. The highest BCUT2D eigenvalue weighted by Crippen LogP contribution is 2.29. The smallest absolute Gasteiger partial charge is 0.0193 e. The third kappa shape index (κ3) is 2.98. The summed E-state index contributed by atoms with van der Waals surface area (Å²) < 4.78 is 0. The molecule has 1 aliphatic heterocycles. The van der Waals surface area contributed by atoms with Gasteiger partial charge in [0.2, 0.25) is 0 Å². The fourth-order valence-corrected chi connectivity index (χ4v) is 3.37. The average Bonchev–Trinajstić information content (AvgIpc) is 2.39. The van der Waals surface area contributed by atoms with Gasteiger partial charge < -0.3 is 5.32 Å². The summed E-state index contributed by atoms with van der Waals surface area (Å²) in [6, 6.07) is 1.65. The van der Waals surface area contributed by atoms with Gasteiger partial charge in [-0.25, -0.2) is 0 Å². The average molecular weight is 224 g/mol. The van der Waals surface area contributed by atoms with E-state index in [4.69, 9.17) is 0 Å². The van der Waals surface area contributed by atoms with Gasteiger partial charge in [0.1, 0.15) is 0 Å². The molecule has 2 fully saturated rings. The second-order valence-electron chi connectivity index (χ2n) is 5.64. The van der Waals surface area contributed by atoms with Crippen LogP contribution in [0.1, 0.15) is 52.4 Å². The zero-order valence-electron chi connectivity index (χ0n) is 11.0. The van der Waals surface area contributed by atoms with Crippen LogP contribution in [-0.4, -0.2) is 36.6 Å². The Labute approximate surface area is 101 Å². The fraction of sp³-hybridized carbons (Fsp3) is 1.00. The lowest BCUT2D eigenvalue weighted by Crippen LogP contribution is -2.54. The van der Waals surface area contributed by atoms with Crippen LogP contribution >= 0.6 is 0 Å². The van der Waals surface area contributed by atoms with Crippen molar-refractivity contribution in [2.24, 2.45) is 5.92 Å². The number of rotatable bonds is 3. The van der Waals surface area contributed by atoms with Crippen LogP contribution in [0.5, 0.6) is 0 Å². The van der Waals surface area contributed by atoms with Crippen molar-refractivity contribution in [3.05, 3.63) is 0 Å². The van der Waals surface area contributed by atoms with E-state index in [1.165, 1.54) is 58.2 Å². The molecule has 2 aliphatic rings. The van der Waals surface area contributed by atoms with Crippen molar-refractivity contribution in [3.8, 4) is 0 Å². The van der Waals surface area contributed by atoms with Gasteiger partial charge in [-0.05, 0) is 38.0 Å². The molecule has 0 spiro atoms. The Hall–Kier alpha value is -0.0800. The Balaban J connectivity index is 1.79. The largest absolute Gasteiger partial charge is 0.311 e. The van der Waals surface area contributed by atoms with Gasteiger partial charge in [0.25, 0.3) is 0 Å². The zero-order chi connectivity index (χ0) is 11.4. The van der Waals surface area contributed by atoms with Crippen LogP contribution in [-0.2, 0) is 0 Å². The van der Waals surface area contributed by atoms with E-state index in [1.807, 2.05) is 0 Å². The van der Waals surface area contributed by atoms with Crippen LogP contribution in [0.25, 0.3) is 0 Å². The molecule has 2 heteroatoms. The Bertz CT molecular complexity index is 197. The van der Waals surface area contributed by atoms with Crippen LogP contribution in [0.2, 0.25) is 0 Å². The van der Waals surface area contributed by atoms with E-state index >= 15 is 0 Å². The molecule has 16 heavy (non-hydrogen) atoms. The van der Waals surface area contributed by atoms with Crippen LogP contribution in [0.4, 0.5) is 0 Å². The molecule has 0 amide bonds. The summed E-state index contributed by atoms with van der Waals surface area (Å²) >= 11 is 0. The van der Waals surface area contributed by atoms with E-state index in [2.05, 4.69) is 24.1 Å². The molecule has 0 aromatic heterocycles. The summed E-state index contributed by atoms with van der Waals surface area (Å²) in [5.74, 6) is 1.03. The minimum absolute atomic E-state index is 0.748. The Morgan fingerprint density at radius 3 is 2.44 bits per heavy atom. The molecule has 0 radical (unpaired) electrons. The van der Waals surface area contributed by atoms with Gasteiger partial charge in [-0.15, -0.1) is 0 Å². The summed E-state index contributed by atoms with van der Waals surface area (Å²) in [6.07, 6.45) is 8.53. The van der Waals surface area contributed by atoms with Crippen molar-refractivity contribution in [1.29, 1.82) is 0 Å². The van der Waals surface area contributed by atoms with Gasteiger partial charge in [0.15, 0.2) is 0 Å². The van der Waals surface area contributed by atoms with Crippen LogP contribution in [0, 0.1) is 5.92 Å². The van der Waals surface area contributed by atoms with Crippen molar-refractivity contribution < 1.29 is 0 Å². The maximum Gasteiger partial charge on any atom is 0.0193 e. The highest BCUT2D eigenvalue weighted by molar-refractivity contribution is 4.85. The molecule has 2 rings (SSSR count). The van der Waals surface area contributed by atoms with E-state index in [9.17, 15) is 0 Å². The molecule has 0 bridgehead atoms. The SMILES string of the molecule is CCC1CCC(N2CCNC(CC)C2)CC1. The lowest BCUT2D eigenvalue weighted by molar-refractivity contribution is 0.100. The summed E-state index contributed by atoms with van der Waals surface area (Å²) in [5.41, 5.74) is 0. The molecular formula is C14H28N2. The number of hydrogen-bond donors (Lipinski definition) is 1. The number of piperazine rings is 1. The second-order valence-corrected chi connectivity index (χ2v) is 5.64. The Morgan fingerprint density at radius 2 is 1.81 bits per heavy atom. The van der Waals surface area contributed by atoms with Gasteiger partial charge in [0.05, 0.1) is 0 Å². The number of hydrogen-bond acceptors (Lipinski definition) is 2. The molecule has 1 unspecified atom stereocenters. The molecule has 1 N–H and O–H groups in total. The van der Waals surface area contributed by atoms with E-state index in [0.29, 0.717) is 0 Å². The predicted molar refractivity (Wildman–Crippen MR) is 69.7 cm³/mol. The Morgan fingerprint density at radius 1 is 1.06 bits per heavy atom. The van der Waals surface area contributed by atoms with Gasteiger partial charge in [-0.3, -0.25) is 4.90 Å². The van der Waals surface area contributed by atoms with E-state index in [0.717, 1.165) is 18.0 Å². The quantitative estimate of drug-likeness (QED) is 0.793. The minimum atomic E-state index is 0.748. The van der Waals surface area contributed by atoms with Gasteiger partial charge in [-0.1, -0.05) is 20.3 Å². The van der Waals surface area contributed by atoms with Crippen molar-refractivity contribution >= 4 is 0 Å². The van der Waals surface area contributed by atoms with Crippen molar-refractivity contribution in [1.82, 2.24) is 10.2 Å². The third-order valence-corrected chi connectivity index (χ3v) is 4.69. The van der Waals surface area contributed by atoms with E-state index in [1.54, 1.807) is 0 Å². The summed E-state index contributed by atoms with van der Waals surface area (Å²) in [6.45, 7) is 8.42. The van der Waals surface area contributed by atoms with Crippen molar-refractivity contribution in [2.45, 2.75) is 64.5 Å². The molecule has 1 atom stereocenters. The number of nitrogens with zero attached hydrogens (tertiary/aromatic N) is 1. The normalized spacial score (nSPS) is 37.5. The van der Waals surface area contributed by atoms with Crippen LogP contribution < -0.4 is 5.32 Å². The second kappa shape index (κ2) is 6.02. The Kier molecular flexibility index (Phi) is 4.66. The first-order valence-electron chi connectivity index (χ1n) is 7.30. The number of nitrogens with one attached hydrogen (secondary N) is 1. The van der Waals surface area contributed by atoms with E-state index < -0.39 is 0 Å². The molecule has 0 aromatic carbocycles. The monoisotopic (exact) mass is 224 g/mol. The van der Waals surface area contributed by atoms with Crippen LogP contribution in [0.3, 0.4) is 0 Å². The summed E-state index contributed by atoms with van der Waals surface area (Å²) in [5, 5.41) is 3.62. The standard InChI is InChI=1S/C14H28N2/c1-3-12-5-7-14(8-6-12)16-10-9-15-13(4-2)11-16/h12-15H,3-11H2,1-2H3. The highest BCUT2D eigenvalue weighted by atomic mass is 15.2. The molecule has 0 aromatic rings. The highest BCUT2D eigenvalue weighted by Gasteiger charge is 2.28. The maximum atomic E-state index is 3.62. The van der Waals surface area contributed by atoms with Gasteiger partial charge in [-0.2, -0.15) is 0 Å². The molecule has 1 aliphatic carbocycles. The molecule has 2 nitrogen and oxygen atoms in total. The van der Waals surface area contributed by atoms with Crippen molar-refractivity contribution in [2.75, 3.05) is 19.6 Å². The molecule has 94 valence electrons. The van der Waals surface area contributed by atoms with E-state index in [-0.39, 0.29) is 0 Å². The first-order chi connectivity index (χ1) is 7.83. The zero-order valence-corrected chi connectivity index (χ0v) is 11.0. The van der Waals surface area contributed by atoms with Crippen molar-refractivity contribution in [3.63, 3.8) is 0 Å². The third-order valence-electron chi connectivity index (χ3n) is 4.69. The van der Waals surface area contributed by atoms with Gasteiger partial charge in [0, 0.05) is 31.7 Å². The van der Waals surface area contributed by atoms with Crippen LogP contribution in [0.15, 0.2) is 0 Å². The lowest BCUT2D eigenvalue weighted by atomic mass is 9.83. The maximum absolute atomic E-state index is 3.62. The predicted octanol–water partition coefficient (Wildman–Crippen LogP) is 2.64. The fourth-order valence-electron chi connectivity index (χ4n) is 3.37. The lowest BCUT2D eigenvalue weighted by Gasteiger charge is -2.41. The first-order valence-corrected chi connectivity index (χ1v) is 7.30. The topological polar surface area (TPSA) is 15.3 Å². The minimum Gasteiger partial charge on any atom is -0.311 e. The summed E-state index contributed by atoms with van der Waals surface area (Å²) in [4.78, 5) is 2.76. The summed E-state index contributed by atoms with van der Waals surface area (Å²) in [7, 11) is 0. The molecule has 1 saturated heterocycles. The van der Waals surface area contributed by atoms with Gasteiger partial charge >= 0.3 is 0 Å².